The molecule has 2 heterocycles. The predicted molar refractivity (Wildman–Crippen MR) is 115 cm³/mol. The summed E-state index contributed by atoms with van der Waals surface area (Å²) in [7, 11) is 0. The molecule has 31 heavy (non-hydrogen) atoms. The van der Waals surface area contributed by atoms with Gasteiger partial charge < -0.3 is 14.5 Å². The number of nitrogens with zero attached hydrogens (tertiary/aromatic N) is 3. The van der Waals surface area contributed by atoms with Gasteiger partial charge >= 0.3 is 0 Å². The first-order valence-corrected chi connectivity index (χ1v) is 10.7. The number of hydrogen-bond acceptors (Lipinski definition) is 6. The highest BCUT2D eigenvalue weighted by Crippen LogP contribution is 2.34. The normalized spacial score (nSPS) is 23.8. The number of aromatic nitrogens is 1. The first kappa shape index (κ1) is 21.1. The van der Waals surface area contributed by atoms with Crippen LogP contribution in [-0.2, 0) is 9.59 Å². The molecule has 0 spiro atoms. The van der Waals surface area contributed by atoms with E-state index in [0.29, 0.717) is 38.1 Å². The highest BCUT2D eigenvalue weighted by molar-refractivity contribution is 5.87. The van der Waals surface area contributed by atoms with E-state index in [0.717, 1.165) is 18.8 Å². The Balaban J connectivity index is 1.38. The minimum Gasteiger partial charge on any atom is -0.490 e. The van der Waals surface area contributed by atoms with Gasteiger partial charge in [0.25, 0.3) is 0 Å². The molecule has 2 aromatic rings. The van der Waals surface area contributed by atoms with Gasteiger partial charge in [0.05, 0.1) is 17.9 Å². The molecule has 0 radical (unpaired) electrons. The molecule has 8 heteroatoms. The molecule has 1 aromatic carbocycles. The molecule has 2 fully saturated rings. The Morgan fingerprint density at radius 2 is 1.68 bits per heavy atom. The van der Waals surface area contributed by atoms with Crippen LogP contribution in [-0.4, -0.2) is 59.2 Å². The molecule has 1 saturated carbocycles. The zero-order valence-corrected chi connectivity index (χ0v) is 17.4. The Labute approximate surface area is 181 Å². The number of carbonyl (C=O) groups is 2. The van der Waals surface area contributed by atoms with Gasteiger partial charge in [0, 0.05) is 44.3 Å². The van der Waals surface area contributed by atoms with Crippen LogP contribution < -0.4 is 15.1 Å². The van der Waals surface area contributed by atoms with Crippen LogP contribution in [0.25, 0.3) is 0 Å². The maximum absolute atomic E-state index is 13.3. The lowest BCUT2D eigenvalue weighted by molar-refractivity contribution is -0.148. The van der Waals surface area contributed by atoms with Crippen molar-refractivity contribution in [3.05, 3.63) is 54.9 Å². The molecule has 0 unspecified atom stereocenters. The van der Waals surface area contributed by atoms with E-state index in [1.54, 1.807) is 30.0 Å². The monoisotopic (exact) mass is 424 g/mol. The predicted octanol–water partition coefficient (Wildman–Crippen LogP) is 2.10. The molecule has 2 aliphatic rings. The fourth-order valence-corrected chi connectivity index (χ4v) is 4.57. The van der Waals surface area contributed by atoms with Crippen LogP contribution >= 0.6 is 0 Å². The van der Waals surface area contributed by atoms with Crippen molar-refractivity contribution in [2.75, 3.05) is 31.1 Å². The number of para-hydroxylation sites is 1. The number of rotatable bonds is 5. The van der Waals surface area contributed by atoms with E-state index in [1.165, 1.54) is 0 Å². The van der Waals surface area contributed by atoms with Crippen LogP contribution in [0.15, 0.2) is 54.9 Å². The minimum atomic E-state index is -0.620. The quantitative estimate of drug-likeness (QED) is 0.564. The summed E-state index contributed by atoms with van der Waals surface area (Å²) in [6.45, 7) is 2.75. The number of amides is 2. The second-order valence-electron chi connectivity index (χ2n) is 8.07. The lowest BCUT2D eigenvalue weighted by atomic mass is 9.76. The molecular formula is C23H28N4O4. The van der Waals surface area contributed by atoms with Crippen molar-refractivity contribution in [3.63, 3.8) is 0 Å². The van der Waals surface area contributed by atoms with Crippen molar-refractivity contribution in [1.82, 2.24) is 15.4 Å². The lowest BCUT2D eigenvalue weighted by Crippen LogP contribution is -2.53. The first-order chi connectivity index (χ1) is 15.2. The maximum atomic E-state index is 13.3. The SMILES string of the molecule is O=C(NO)[C@H]1C[C@H](Oc2ccncc2)CC[C@@H]1C(=O)N1CCN(c2ccccc2)CC1. The van der Waals surface area contributed by atoms with Crippen LogP contribution in [0.5, 0.6) is 5.75 Å². The Morgan fingerprint density at radius 1 is 0.968 bits per heavy atom. The standard InChI is InChI=1S/C23H28N4O4/c28-22(25-30)21-16-19(31-18-8-10-24-11-9-18)6-7-20(21)23(29)27-14-12-26(13-15-27)17-4-2-1-3-5-17/h1-5,8-11,19-21,30H,6-7,12-16H2,(H,25,28)/t19-,20+,21+/m1/s1. The van der Waals surface area contributed by atoms with E-state index >= 15 is 0 Å². The van der Waals surface area contributed by atoms with E-state index < -0.39 is 17.7 Å². The summed E-state index contributed by atoms with van der Waals surface area (Å²) in [6.07, 6.45) is 4.72. The van der Waals surface area contributed by atoms with Crippen LogP contribution in [0, 0.1) is 11.8 Å². The Morgan fingerprint density at radius 3 is 2.35 bits per heavy atom. The summed E-state index contributed by atoms with van der Waals surface area (Å²) in [5.41, 5.74) is 2.91. The zero-order valence-electron chi connectivity index (χ0n) is 17.4. The van der Waals surface area contributed by atoms with Gasteiger partial charge in [-0.2, -0.15) is 0 Å². The van der Waals surface area contributed by atoms with Crippen molar-refractivity contribution in [3.8, 4) is 5.75 Å². The third kappa shape index (κ3) is 4.96. The highest BCUT2D eigenvalue weighted by atomic mass is 16.5. The number of hydrogen-bond donors (Lipinski definition) is 2. The molecule has 8 nitrogen and oxygen atoms in total. The highest BCUT2D eigenvalue weighted by Gasteiger charge is 2.42. The van der Waals surface area contributed by atoms with E-state index in [4.69, 9.17) is 4.74 Å². The summed E-state index contributed by atoms with van der Waals surface area (Å²) >= 11 is 0. The second-order valence-corrected chi connectivity index (χ2v) is 8.07. The summed E-state index contributed by atoms with van der Waals surface area (Å²) in [4.78, 5) is 33.8. The fraction of sp³-hybridized carbons (Fsp3) is 0.435. The number of anilines is 1. The number of hydroxylamine groups is 1. The fourth-order valence-electron chi connectivity index (χ4n) is 4.57. The van der Waals surface area contributed by atoms with Crippen LogP contribution in [0.1, 0.15) is 19.3 Å². The third-order valence-corrected chi connectivity index (χ3v) is 6.23. The van der Waals surface area contributed by atoms with E-state index in [2.05, 4.69) is 22.0 Å². The van der Waals surface area contributed by atoms with Gasteiger partial charge in [0.1, 0.15) is 5.75 Å². The number of ether oxygens (including phenoxy) is 1. The smallest absolute Gasteiger partial charge is 0.247 e. The molecule has 1 aromatic heterocycles. The molecular weight excluding hydrogens is 396 g/mol. The Kier molecular flexibility index (Phi) is 6.66. The van der Waals surface area contributed by atoms with Crippen LogP contribution in [0.3, 0.4) is 0 Å². The van der Waals surface area contributed by atoms with Crippen molar-refractivity contribution < 1.29 is 19.5 Å². The molecule has 1 aliphatic carbocycles. The van der Waals surface area contributed by atoms with Gasteiger partial charge in [-0.3, -0.25) is 19.8 Å². The number of carbonyl (C=O) groups excluding carboxylic acids is 2. The Hall–Kier alpha value is -3.13. The molecule has 164 valence electrons. The van der Waals surface area contributed by atoms with Gasteiger partial charge in [-0.1, -0.05) is 18.2 Å². The molecule has 3 atom stereocenters. The van der Waals surface area contributed by atoms with E-state index in [-0.39, 0.29) is 12.0 Å². The topological polar surface area (TPSA) is 95.0 Å². The van der Waals surface area contributed by atoms with Crippen molar-refractivity contribution in [2.24, 2.45) is 11.8 Å². The summed E-state index contributed by atoms with van der Waals surface area (Å²) < 4.78 is 5.98. The first-order valence-electron chi connectivity index (χ1n) is 10.7. The van der Waals surface area contributed by atoms with E-state index in [1.807, 2.05) is 23.1 Å². The van der Waals surface area contributed by atoms with Gasteiger partial charge in [-0.15, -0.1) is 0 Å². The summed E-state index contributed by atoms with van der Waals surface area (Å²) in [5, 5.41) is 9.25. The average molecular weight is 425 g/mol. The molecule has 0 bridgehead atoms. The number of nitrogens with one attached hydrogen (secondary N) is 1. The minimum absolute atomic E-state index is 0.0105. The number of benzene rings is 1. The number of piperazine rings is 1. The molecule has 1 aliphatic heterocycles. The zero-order chi connectivity index (χ0) is 21.6. The molecule has 4 rings (SSSR count). The molecule has 2 N–H and O–H groups in total. The van der Waals surface area contributed by atoms with E-state index in [9.17, 15) is 14.8 Å². The van der Waals surface area contributed by atoms with Gasteiger partial charge in [0.2, 0.25) is 11.8 Å². The lowest BCUT2D eigenvalue weighted by Gasteiger charge is -2.40. The van der Waals surface area contributed by atoms with Crippen molar-refractivity contribution >= 4 is 17.5 Å². The average Bonchev–Trinajstić information content (AvgIpc) is 2.84. The maximum Gasteiger partial charge on any atom is 0.247 e. The number of pyridine rings is 1. The van der Waals surface area contributed by atoms with Gasteiger partial charge in [0.15, 0.2) is 0 Å². The largest absolute Gasteiger partial charge is 0.490 e. The third-order valence-electron chi connectivity index (χ3n) is 6.23. The summed E-state index contributed by atoms with van der Waals surface area (Å²) in [5.74, 6) is -0.920. The summed E-state index contributed by atoms with van der Waals surface area (Å²) in [6, 6.07) is 13.7. The Bertz CT molecular complexity index is 872. The van der Waals surface area contributed by atoms with Gasteiger partial charge in [-0.25, -0.2) is 5.48 Å². The van der Waals surface area contributed by atoms with Gasteiger partial charge in [-0.05, 0) is 43.5 Å². The molecule has 1 saturated heterocycles. The van der Waals surface area contributed by atoms with Crippen molar-refractivity contribution in [1.29, 1.82) is 0 Å². The van der Waals surface area contributed by atoms with Crippen molar-refractivity contribution in [2.45, 2.75) is 25.4 Å². The van der Waals surface area contributed by atoms with Crippen LogP contribution in [0.2, 0.25) is 0 Å². The molecule has 2 amide bonds. The second kappa shape index (κ2) is 9.78. The van der Waals surface area contributed by atoms with Crippen LogP contribution in [0.4, 0.5) is 5.69 Å².